The maximum absolute atomic E-state index is 12.4. The summed E-state index contributed by atoms with van der Waals surface area (Å²) in [6, 6.07) is 16.6. The van der Waals surface area contributed by atoms with E-state index in [2.05, 4.69) is 20.4 Å². The van der Waals surface area contributed by atoms with Gasteiger partial charge in [-0.1, -0.05) is 24.3 Å². The SMILES string of the molecule is COc1cccc(NC(=O)CCc2nc3c(cnn3-c3ccccc3)c(=O)[nH]2)c1. The standard InChI is InChI=1S/C21H19N5O3/c1-29-16-9-5-6-14(12-16)23-19(27)11-10-18-24-20-17(21(28)25-18)13-22-26(20)15-7-3-2-4-8-15/h2-9,12-13H,10-11H2,1H3,(H,23,27)(H,24,25,28). The second kappa shape index (κ2) is 7.97. The minimum Gasteiger partial charge on any atom is -0.497 e. The van der Waals surface area contributed by atoms with Gasteiger partial charge in [-0.15, -0.1) is 0 Å². The van der Waals surface area contributed by atoms with Gasteiger partial charge >= 0.3 is 0 Å². The van der Waals surface area contributed by atoms with Crippen LogP contribution in [-0.2, 0) is 11.2 Å². The van der Waals surface area contributed by atoms with Crippen LogP contribution >= 0.6 is 0 Å². The number of anilines is 1. The van der Waals surface area contributed by atoms with Gasteiger partial charge < -0.3 is 15.0 Å². The van der Waals surface area contributed by atoms with E-state index in [4.69, 9.17) is 4.74 Å². The molecular formula is C21H19N5O3. The maximum atomic E-state index is 12.4. The number of aromatic amines is 1. The molecule has 29 heavy (non-hydrogen) atoms. The van der Waals surface area contributed by atoms with Crippen molar-refractivity contribution < 1.29 is 9.53 Å². The molecule has 0 saturated carbocycles. The van der Waals surface area contributed by atoms with E-state index in [-0.39, 0.29) is 17.9 Å². The number of aryl methyl sites for hydroxylation is 1. The number of H-pyrrole nitrogens is 1. The van der Waals surface area contributed by atoms with Crippen molar-refractivity contribution in [2.75, 3.05) is 12.4 Å². The number of methoxy groups -OCH3 is 1. The molecule has 146 valence electrons. The molecule has 1 amide bonds. The molecule has 0 atom stereocenters. The first-order valence-electron chi connectivity index (χ1n) is 9.10. The fourth-order valence-corrected chi connectivity index (χ4v) is 3.00. The van der Waals surface area contributed by atoms with Crippen molar-refractivity contribution in [1.82, 2.24) is 19.7 Å². The molecular weight excluding hydrogens is 370 g/mol. The van der Waals surface area contributed by atoms with Gasteiger partial charge in [-0.05, 0) is 24.3 Å². The van der Waals surface area contributed by atoms with E-state index in [1.165, 1.54) is 6.20 Å². The molecule has 0 fully saturated rings. The molecule has 8 heteroatoms. The number of fused-ring (bicyclic) bond motifs is 1. The normalized spacial score (nSPS) is 10.8. The summed E-state index contributed by atoms with van der Waals surface area (Å²) in [7, 11) is 1.57. The van der Waals surface area contributed by atoms with Crippen LogP contribution in [0, 0.1) is 0 Å². The van der Waals surface area contributed by atoms with Gasteiger partial charge in [0.2, 0.25) is 5.91 Å². The zero-order valence-electron chi connectivity index (χ0n) is 15.8. The van der Waals surface area contributed by atoms with Gasteiger partial charge in [0, 0.05) is 24.6 Å². The van der Waals surface area contributed by atoms with Crippen LogP contribution in [-0.4, -0.2) is 32.8 Å². The van der Waals surface area contributed by atoms with Gasteiger partial charge in [0.1, 0.15) is 17.0 Å². The predicted molar refractivity (Wildman–Crippen MR) is 109 cm³/mol. The van der Waals surface area contributed by atoms with Gasteiger partial charge in [-0.25, -0.2) is 9.67 Å². The molecule has 2 N–H and O–H groups in total. The molecule has 0 bridgehead atoms. The zero-order valence-corrected chi connectivity index (χ0v) is 15.8. The molecule has 4 aromatic rings. The van der Waals surface area contributed by atoms with E-state index in [0.29, 0.717) is 34.7 Å². The topological polar surface area (TPSA) is 102 Å². The summed E-state index contributed by atoms with van der Waals surface area (Å²) in [5.74, 6) is 0.909. The van der Waals surface area contributed by atoms with Crippen LogP contribution in [0.1, 0.15) is 12.2 Å². The van der Waals surface area contributed by atoms with Crippen molar-refractivity contribution in [2.24, 2.45) is 0 Å². The molecule has 0 radical (unpaired) electrons. The number of benzene rings is 2. The number of para-hydroxylation sites is 1. The van der Waals surface area contributed by atoms with Crippen LogP contribution in [0.25, 0.3) is 16.7 Å². The Morgan fingerprint density at radius 2 is 2.00 bits per heavy atom. The lowest BCUT2D eigenvalue weighted by Gasteiger charge is -2.07. The Bertz CT molecular complexity index is 1210. The van der Waals surface area contributed by atoms with Gasteiger partial charge in [0.05, 0.1) is 19.0 Å². The van der Waals surface area contributed by atoms with E-state index in [0.717, 1.165) is 5.69 Å². The van der Waals surface area contributed by atoms with Crippen molar-refractivity contribution in [3.8, 4) is 11.4 Å². The summed E-state index contributed by atoms with van der Waals surface area (Å²) in [6.07, 6.45) is 1.96. The number of amides is 1. The number of hydrogen-bond acceptors (Lipinski definition) is 5. The summed E-state index contributed by atoms with van der Waals surface area (Å²) in [5.41, 5.74) is 1.64. The highest BCUT2D eigenvalue weighted by Gasteiger charge is 2.12. The minimum absolute atomic E-state index is 0.172. The summed E-state index contributed by atoms with van der Waals surface area (Å²) >= 11 is 0. The highest BCUT2D eigenvalue weighted by molar-refractivity contribution is 5.91. The molecule has 0 spiro atoms. The third-order valence-electron chi connectivity index (χ3n) is 4.43. The predicted octanol–water partition coefficient (Wildman–Crippen LogP) is 2.69. The lowest BCUT2D eigenvalue weighted by Crippen LogP contribution is -2.16. The molecule has 2 aromatic heterocycles. The molecule has 2 heterocycles. The number of carbonyl (C=O) groups excluding carboxylic acids is 1. The average molecular weight is 389 g/mol. The van der Waals surface area contributed by atoms with E-state index < -0.39 is 0 Å². The van der Waals surface area contributed by atoms with E-state index >= 15 is 0 Å². The fraction of sp³-hybridized carbons (Fsp3) is 0.143. The van der Waals surface area contributed by atoms with Crippen molar-refractivity contribution in [3.05, 3.63) is 77.0 Å². The third kappa shape index (κ3) is 4.01. The number of nitrogens with one attached hydrogen (secondary N) is 2. The number of nitrogens with zero attached hydrogens (tertiary/aromatic N) is 3. The first kappa shape index (κ1) is 18.4. The van der Waals surface area contributed by atoms with Crippen LogP contribution in [0.3, 0.4) is 0 Å². The average Bonchev–Trinajstić information content (AvgIpc) is 3.18. The van der Waals surface area contributed by atoms with Gasteiger partial charge in [-0.2, -0.15) is 5.10 Å². The van der Waals surface area contributed by atoms with Crippen molar-refractivity contribution in [3.63, 3.8) is 0 Å². The summed E-state index contributed by atoms with van der Waals surface area (Å²) < 4.78 is 6.77. The van der Waals surface area contributed by atoms with Gasteiger partial charge in [0.15, 0.2) is 5.65 Å². The highest BCUT2D eigenvalue weighted by atomic mass is 16.5. The summed E-state index contributed by atoms with van der Waals surface area (Å²) in [5, 5.41) is 7.49. The highest BCUT2D eigenvalue weighted by Crippen LogP contribution is 2.17. The van der Waals surface area contributed by atoms with Crippen LogP contribution in [0.15, 0.2) is 65.6 Å². The Morgan fingerprint density at radius 1 is 1.17 bits per heavy atom. The van der Waals surface area contributed by atoms with E-state index in [1.807, 2.05) is 30.3 Å². The van der Waals surface area contributed by atoms with Crippen LogP contribution in [0.2, 0.25) is 0 Å². The number of carbonyl (C=O) groups is 1. The van der Waals surface area contributed by atoms with Crippen LogP contribution in [0.5, 0.6) is 5.75 Å². The monoisotopic (exact) mass is 389 g/mol. The smallest absolute Gasteiger partial charge is 0.262 e. The third-order valence-corrected chi connectivity index (χ3v) is 4.43. The number of rotatable bonds is 6. The second-order valence-corrected chi connectivity index (χ2v) is 6.42. The molecule has 8 nitrogen and oxygen atoms in total. The molecule has 0 saturated heterocycles. The van der Waals surface area contributed by atoms with Crippen LogP contribution in [0.4, 0.5) is 5.69 Å². The first-order chi connectivity index (χ1) is 14.1. The number of ether oxygens (including phenoxy) is 1. The Labute approximate surface area is 166 Å². The van der Waals surface area contributed by atoms with Crippen molar-refractivity contribution in [1.29, 1.82) is 0 Å². The molecule has 0 aliphatic carbocycles. The molecule has 4 rings (SSSR count). The maximum Gasteiger partial charge on any atom is 0.262 e. The molecule has 0 unspecified atom stereocenters. The van der Waals surface area contributed by atoms with Crippen molar-refractivity contribution >= 4 is 22.6 Å². The molecule has 0 aliphatic heterocycles. The van der Waals surface area contributed by atoms with E-state index in [1.54, 1.807) is 36.1 Å². The van der Waals surface area contributed by atoms with E-state index in [9.17, 15) is 9.59 Å². The quantitative estimate of drug-likeness (QED) is 0.528. The van der Waals surface area contributed by atoms with Crippen LogP contribution < -0.4 is 15.6 Å². The number of aromatic nitrogens is 4. The Balaban J connectivity index is 1.52. The largest absolute Gasteiger partial charge is 0.497 e. The minimum atomic E-state index is -0.277. The first-order valence-corrected chi connectivity index (χ1v) is 9.10. The lowest BCUT2D eigenvalue weighted by molar-refractivity contribution is -0.116. The second-order valence-electron chi connectivity index (χ2n) is 6.42. The van der Waals surface area contributed by atoms with Gasteiger partial charge in [0.25, 0.3) is 5.56 Å². The Kier molecular flexibility index (Phi) is 5.07. The van der Waals surface area contributed by atoms with Crippen molar-refractivity contribution in [2.45, 2.75) is 12.8 Å². The fourth-order valence-electron chi connectivity index (χ4n) is 3.00. The van der Waals surface area contributed by atoms with Gasteiger partial charge in [-0.3, -0.25) is 9.59 Å². The lowest BCUT2D eigenvalue weighted by atomic mass is 10.2. The molecule has 0 aliphatic rings. The zero-order chi connectivity index (χ0) is 20.2. The summed E-state index contributed by atoms with van der Waals surface area (Å²) in [4.78, 5) is 31.9. The Hall–Kier alpha value is -3.94. The summed E-state index contributed by atoms with van der Waals surface area (Å²) in [6.45, 7) is 0. The Morgan fingerprint density at radius 3 is 2.79 bits per heavy atom. The number of hydrogen-bond donors (Lipinski definition) is 2. The molecule has 2 aromatic carbocycles.